The Morgan fingerprint density at radius 2 is 1.42 bits per heavy atom. The molecule has 19 heavy (non-hydrogen) atoms. The molecule has 0 amide bonds. The van der Waals surface area contributed by atoms with E-state index in [2.05, 4.69) is 0 Å². The summed E-state index contributed by atoms with van der Waals surface area (Å²) in [7, 11) is 0. The summed E-state index contributed by atoms with van der Waals surface area (Å²) in [5.74, 6) is -2.27. The average Bonchev–Trinajstić information content (AvgIpc) is 2.66. The van der Waals surface area contributed by atoms with Crippen LogP contribution in [0, 0.1) is 11.6 Å². The van der Waals surface area contributed by atoms with Crippen molar-refractivity contribution in [2.24, 2.45) is 0 Å². The highest BCUT2D eigenvalue weighted by molar-refractivity contribution is 6.06. The van der Waals surface area contributed by atoms with Gasteiger partial charge < -0.3 is 5.11 Å². The fourth-order valence-corrected chi connectivity index (χ4v) is 2.43. The molecule has 1 N–H and O–H groups in total. The smallest absolute Gasteiger partial charge is 0.328 e. The number of carboxylic acid groups (broad SMARTS) is 1. The summed E-state index contributed by atoms with van der Waals surface area (Å²) in [4.78, 5) is 10.9. The van der Waals surface area contributed by atoms with Crippen molar-refractivity contribution in [3.63, 3.8) is 0 Å². The Kier molecular flexibility index (Phi) is 2.45. The summed E-state index contributed by atoms with van der Waals surface area (Å²) < 4.78 is 27.8. The molecule has 0 unspecified atom stereocenters. The van der Waals surface area contributed by atoms with Crippen molar-refractivity contribution in [1.29, 1.82) is 0 Å². The Morgan fingerprint density at radius 1 is 0.947 bits per heavy atom. The maximum Gasteiger partial charge on any atom is 0.328 e. The van der Waals surface area contributed by atoms with Crippen LogP contribution in [0.2, 0.25) is 0 Å². The summed E-state index contributed by atoms with van der Waals surface area (Å²) in [6.07, 6.45) is 0.976. The molecule has 0 radical (unpaired) electrons. The van der Waals surface area contributed by atoms with Crippen LogP contribution in [0.15, 0.2) is 42.5 Å². The number of carbonyl (C=O) groups is 1. The summed E-state index contributed by atoms with van der Waals surface area (Å²) in [6.45, 7) is 0. The van der Waals surface area contributed by atoms with Crippen LogP contribution in [0.3, 0.4) is 0 Å². The third-order valence-electron chi connectivity index (χ3n) is 3.13. The highest BCUT2D eigenvalue weighted by Gasteiger charge is 2.29. The van der Waals surface area contributed by atoms with E-state index in [9.17, 15) is 13.6 Å². The molecule has 0 aromatic heterocycles. The number of carboxylic acids is 1. The minimum absolute atomic E-state index is 0.128. The van der Waals surface area contributed by atoms with Crippen molar-refractivity contribution in [3.05, 3.63) is 65.2 Å². The van der Waals surface area contributed by atoms with Crippen LogP contribution >= 0.6 is 0 Å². The standard InChI is InChI=1S/C15H8F2O2/c16-11-5-1-3-8-10(7-13(18)19)9-4-2-6-12(17)15(9)14(8)11/h1-7H,(H,18,19). The first-order valence-electron chi connectivity index (χ1n) is 5.62. The number of hydrogen-bond acceptors (Lipinski definition) is 1. The van der Waals surface area contributed by atoms with E-state index in [0.717, 1.165) is 6.08 Å². The van der Waals surface area contributed by atoms with Gasteiger partial charge in [-0.25, -0.2) is 13.6 Å². The molecule has 1 aliphatic rings. The molecule has 0 spiro atoms. The zero-order valence-electron chi connectivity index (χ0n) is 9.65. The van der Waals surface area contributed by atoms with Crippen LogP contribution in [-0.4, -0.2) is 11.1 Å². The molecule has 0 heterocycles. The van der Waals surface area contributed by atoms with E-state index in [1.54, 1.807) is 12.1 Å². The summed E-state index contributed by atoms with van der Waals surface area (Å²) in [6, 6.07) is 8.61. The average molecular weight is 258 g/mol. The van der Waals surface area contributed by atoms with Gasteiger partial charge in [0.2, 0.25) is 0 Å². The van der Waals surface area contributed by atoms with Gasteiger partial charge in [0.25, 0.3) is 0 Å². The number of rotatable bonds is 1. The number of fused-ring (bicyclic) bond motifs is 3. The first-order chi connectivity index (χ1) is 9.09. The molecular formula is C15H8F2O2. The van der Waals surface area contributed by atoms with Gasteiger partial charge >= 0.3 is 5.97 Å². The summed E-state index contributed by atoms with van der Waals surface area (Å²) >= 11 is 0. The van der Waals surface area contributed by atoms with Crippen LogP contribution in [0.25, 0.3) is 16.7 Å². The van der Waals surface area contributed by atoms with E-state index < -0.39 is 17.6 Å². The third-order valence-corrected chi connectivity index (χ3v) is 3.13. The van der Waals surface area contributed by atoms with Gasteiger partial charge in [0.05, 0.1) is 0 Å². The molecule has 2 aromatic carbocycles. The van der Waals surface area contributed by atoms with E-state index in [1.165, 1.54) is 24.3 Å². The van der Waals surface area contributed by atoms with Crippen LogP contribution in [-0.2, 0) is 4.79 Å². The van der Waals surface area contributed by atoms with Gasteiger partial charge in [0.1, 0.15) is 11.6 Å². The number of aliphatic carboxylic acids is 1. The maximum absolute atomic E-state index is 13.9. The molecule has 94 valence electrons. The molecule has 0 saturated heterocycles. The molecular weight excluding hydrogens is 250 g/mol. The fourth-order valence-electron chi connectivity index (χ4n) is 2.43. The van der Waals surface area contributed by atoms with E-state index in [1.807, 2.05) is 0 Å². The Labute approximate surface area is 107 Å². The third kappa shape index (κ3) is 1.64. The molecule has 2 nitrogen and oxygen atoms in total. The SMILES string of the molecule is O=C(O)C=C1c2cccc(F)c2-c2c(F)cccc21. The maximum atomic E-state index is 13.9. The van der Waals surface area contributed by atoms with E-state index in [4.69, 9.17) is 5.11 Å². The quantitative estimate of drug-likeness (QED) is 0.679. The normalized spacial score (nSPS) is 12.0. The summed E-state index contributed by atoms with van der Waals surface area (Å²) in [5, 5.41) is 8.90. The van der Waals surface area contributed by atoms with Gasteiger partial charge in [-0.15, -0.1) is 0 Å². The van der Waals surface area contributed by atoms with Gasteiger partial charge in [-0.3, -0.25) is 0 Å². The largest absolute Gasteiger partial charge is 0.478 e. The minimum atomic E-state index is -1.15. The van der Waals surface area contributed by atoms with Crippen molar-refractivity contribution in [1.82, 2.24) is 0 Å². The molecule has 4 heteroatoms. The van der Waals surface area contributed by atoms with Gasteiger partial charge in [-0.1, -0.05) is 24.3 Å². The molecule has 0 aliphatic heterocycles. The van der Waals surface area contributed by atoms with Crippen LogP contribution in [0.4, 0.5) is 8.78 Å². The fraction of sp³-hybridized carbons (Fsp3) is 0. The lowest BCUT2D eigenvalue weighted by Gasteiger charge is -2.02. The lowest BCUT2D eigenvalue weighted by molar-refractivity contribution is -0.131. The highest BCUT2D eigenvalue weighted by Crippen LogP contribution is 2.46. The number of hydrogen-bond donors (Lipinski definition) is 1. The number of halogens is 2. The Hall–Kier alpha value is -2.49. The molecule has 0 bridgehead atoms. The van der Waals surface area contributed by atoms with Crippen LogP contribution in [0.5, 0.6) is 0 Å². The van der Waals surface area contributed by atoms with Crippen molar-refractivity contribution < 1.29 is 18.7 Å². The first kappa shape index (κ1) is 11.6. The second-order valence-electron chi connectivity index (χ2n) is 4.22. The molecule has 1 aliphatic carbocycles. The van der Waals surface area contributed by atoms with Crippen molar-refractivity contribution in [3.8, 4) is 11.1 Å². The second-order valence-corrected chi connectivity index (χ2v) is 4.22. The number of benzene rings is 2. The van der Waals surface area contributed by atoms with Crippen molar-refractivity contribution >= 4 is 11.5 Å². The molecule has 0 saturated carbocycles. The van der Waals surface area contributed by atoms with Crippen molar-refractivity contribution in [2.75, 3.05) is 0 Å². The van der Waals surface area contributed by atoms with E-state index in [-0.39, 0.29) is 11.1 Å². The minimum Gasteiger partial charge on any atom is -0.478 e. The highest BCUT2D eigenvalue weighted by atomic mass is 19.1. The van der Waals surface area contributed by atoms with Gasteiger partial charge in [0.15, 0.2) is 0 Å². The Morgan fingerprint density at radius 3 is 1.84 bits per heavy atom. The van der Waals surface area contributed by atoms with E-state index in [0.29, 0.717) is 16.7 Å². The molecule has 3 rings (SSSR count). The molecule has 0 atom stereocenters. The van der Waals surface area contributed by atoms with Crippen molar-refractivity contribution in [2.45, 2.75) is 0 Å². The Bertz CT molecular complexity index is 679. The van der Waals surface area contributed by atoms with Crippen LogP contribution in [0.1, 0.15) is 11.1 Å². The predicted molar refractivity (Wildman–Crippen MR) is 66.5 cm³/mol. The zero-order chi connectivity index (χ0) is 13.6. The topological polar surface area (TPSA) is 37.3 Å². The first-order valence-corrected chi connectivity index (χ1v) is 5.62. The Balaban J connectivity index is 2.44. The predicted octanol–water partition coefficient (Wildman–Crippen LogP) is 3.46. The zero-order valence-corrected chi connectivity index (χ0v) is 9.65. The van der Waals surface area contributed by atoms with Gasteiger partial charge in [0, 0.05) is 17.2 Å². The van der Waals surface area contributed by atoms with Crippen LogP contribution < -0.4 is 0 Å². The lowest BCUT2D eigenvalue weighted by atomic mass is 10.0. The molecule has 0 fully saturated rings. The van der Waals surface area contributed by atoms with Gasteiger partial charge in [-0.05, 0) is 28.8 Å². The van der Waals surface area contributed by atoms with Gasteiger partial charge in [-0.2, -0.15) is 0 Å². The second kappa shape index (κ2) is 4.02. The molecule has 2 aromatic rings. The van der Waals surface area contributed by atoms with E-state index >= 15 is 0 Å². The lowest BCUT2D eigenvalue weighted by Crippen LogP contribution is -1.91. The summed E-state index contributed by atoms with van der Waals surface area (Å²) in [5.41, 5.74) is 1.40. The monoisotopic (exact) mass is 258 g/mol.